The molecule has 1 aliphatic rings. The van der Waals surface area contributed by atoms with Crippen molar-refractivity contribution in [2.45, 2.75) is 0 Å². The van der Waals surface area contributed by atoms with Gasteiger partial charge in [0.1, 0.15) is 11.9 Å². The van der Waals surface area contributed by atoms with Gasteiger partial charge in [0.15, 0.2) is 0 Å². The molecule has 1 amide bonds. The van der Waals surface area contributed by atoms with Crippen molar-refractivity contribution in [1.29, 1.82) is 5.26 Å². The van der Waals surface area contributed by atoms with E-state index in [9.17, 15) is 14.4 Å². The Morgan fingerprint density at radius 3 is 2.55 bits per heavy atom. The van der Waals surface area contributed by atoms with Gasteiger partial charge in [-0.2, -0.15) is 10.2 Å². The number of likely N-dealkylation sites (N-methyl/N-ethyl adjacent to an activating group) is 1. The quantitative estimate of drug-likeness (QED) is 0.657. The molecule has 1 aromatic heterocycles. The molecular weight excluding hydrogens is 421 g/mol. The van der Waals surface area contributed by atoms with Gasteiger partial charge in [-0.1, -0.05) is 17.7 Å². The van der Waals surface area contributed by atoms with Crippen LogP contribution >= 0.6 is 11.6 Å². The Balaban J connectivity index is 1.53. The number of nitrogens with zero attached hydrogens (tertiary/aromatic N) is 4. The number of amides is 1. The normalized spacial score (nSPS) is 14.3. The number of rotatable bonds is 4. The Bertz CT molecular complexity index is 1130. The molecule has 0 spiro atoms. The van der Waals surface area contributed by atoms with E-state index >= 15 is 0 Å². The van der Waals surface area contributed by atoms with Gasteiger partial charge in [0.25, 0.3) is 5.91 Å². The molecule has 2 heterocycles. The third kappa shape index (κ3) is 4.38. The van der Waals surface area contributed by atoms with Crippen LogP contribution in [-0.4, -0.2) is 53.9 Å². The Labute approximate surface area is 183 Å². The van der Waals surface area contributed by atoms with Crippen LogP contribution in [0.15, 0.2) is 46.9 Å². The smallest absolute Gasteiger partial charge is 0.253 e. The van der Waals surface area contributed by atoms with Gasteiger partial charge in [-0.25, -0.2) is 4.39 Å². The first-order valence-electron chi connectivity index (χ1n) is 9.66. The molecule has 0 atom stereocenters. The fourth-order valence-corrected chi connectivity index (χ4v) is 3.55. The molecule has 1 aliphatic heterocycles. The molecule has 31 heavy (non-hydrogen) atoms. The van der Waals surface area contributed by atoms with Crippen molar-refractivity contribution in [2.75, 3.05) is 38.5 Å². The summed E-state index contributed by atoms with van der Waals surface area (Å²) < 4.78 is 19.8. The van der Waals surface area contributed by atoms with Crippen molar-refractivity contribution >= 4 is 29.1 Å². The molecule has 0 radical (unpaired) electrons. The SMILES string of the molecule is CN1CCN(C(=O)c2ccc(Nc3oc(-c4c(F)cccc4Cl)nc3C#N)cc2)CC1. The molecule has 1 saturated heterocycles. The second-order valence-corrected chi connectivity index (χ2v) is 7.61. The molecule has 0 unspecified atom stereocenters. The summed E-state index contributed by atoms with van der Waals surface area (Å²) >= 11 is 6.07. The summed E-state index contributed by atoms with van der Waals surface area (Å²) in [7, 11) is 2.03. The average molecular weight is 440 g/mol. The van der Waals surface area contributed by atoms with E-state index in [-0.39, 0.29) is 34.0 Å². The lowest BCUT2D eigenvalue weighted by Gasteiger charge is -2.32. The summed E-state index contributed by atoms with van der Waals surface area (Å²) in [5.41, 5.74) is 1.12. The Kier molecular flexibility index (Phi) is 5.89. The van der Waals surface area contributed by atoms with Crippen molar-refractivity contribution in [3.05, 3.63) is 64.6 Å². The van der Waals surface area contributed by atoms with Crippen LogP contribution in [0, 0.1) is 17.1 Å². The van der Waals surface area contributed by atoms with Crippen molar-refractivity contribution in [3.8, 4) is 17.5 Å². The lowest BCUT2D eigenvalue weighted by molar-refractivity contribution is 0.0664. The van der Waals surface area contributed by atoms with Crippen molar-refractivity contribution in [1.82, 2.24) is 14.8 Å². The Hall–Kier alpha value is -3.41. The van der Waals surface area contributed by atoms with Crippen LogP contribution in [0.2, 0.25) is 5.02 Å². The summed E-state index contributed by atoms with van der Waals surface area (Å²) in [6, 6.07) is 13.0. The zero-order valence-electron chi connectivity index (χ0n) is 16.7. The van der Waals surface area contributed by atoms with Crippen LogP contribution in [0.1, 0.15) is 16.1 Å². The maximum Gasteiger partial charge on any atom is 0.253 e. The zero-order chi connectivity index (χ0) is 22.0. The third-order valence-corrected chi connectivity index (χ3v) is 5.40. The van der Waals surface area contributed by atoms with Crippen LogP contribution in [0.25, 0.3) is 11.5 Å². The highest BCUT2D eigenvalue weighted by molar-refractivity contribution is 6.33. The zero-order valence-corrected chi connectivity index (χ0v) is 17.5. The van der Waals surface area contributed by atoms with E-state index in [2.05, 4.69) is 15.2 Å². The number of anilines is 2. The molecule has 1 N–H and O–H groups in total. The number of halogens is 2. The minimum Gasteiger partial charge on any atom is -0.419 e. The van der Waals surface area contributed by atoms with E-state index in [0.29, 0.717) is 24.3 Å². The van der Waals surface area contributed by atoms with Gasteiger partial charge >= 0.3 is 0 Å². The topological polar surface area (TPSA) is 85.4 Å². The van der Waals surface area contributed by atoms with Gasteiger partial charge in [-0.05, 0) is 43.4 Å². The fourth-order valence-electron chi connectivity index (χ4n) is 3.31. The third-order valence-electron chi connectivity index (χ3n) is 5.09. The summed E-state index contributed by atoms with van der Waals surface area (Å²) in [5, 5.41) is 12.5. The largest absolute Gasteiger partial charge is 0.419 e. The van der Waals surface area contributed by atoms with Crippen LogP contribution in [0.4, 0.5) is 16.0 Å². The highest BCUT2D eigenvalue weighted by Gasteiger charge is 2.22. The first kappa shape index (κ1) is 20.8. The predicted octanol–water partition coefficient (Wildman–Crippen LogP) is 4.14. The number of hydrogen-bond acceptors (Lipinski definition) is 6. The number of carbonyl (C=O) groups excluding carboxylic acids is 1. The van der Waals surface area contributed by atoms with Gasteiger partial charge in [-0.3, -0.25) is 4.79 Å². The lowest BCUT2D eigenvalue weighted by Crippen LogP contribution is -2.47. The standard InChI is InChI=1S/C22H19ClFN5O2/c1-28-9-11-29(12-10-28)22(30)14-5-7-15(8-6-14)26-20-18(13-25)27-21(31-20)19-16(23)3-2-4-17(19)24/h2-8,26H,9-12H2,1H3. The molecule has 0 aliphatic carbocycles. The molecular formula is C22H19ClFN5O2. The summed E-state index contributed by atoms with van der Waals surface area (Å²) in [5.74, 6) is -0.649. The minimum absolute atomic E-state index is 0.0122. The molecule has 0 saturated carbocycles. The van der Waals surface area contributed by atoms with Gasteiger partial charge in [0.2, 0.25) is 17.5 Å². The number of carbonyl (C=O) groups is 1. The fraction of sp³-hybridized carbons (Fsp3) is 0.227. The Morgan fingerprint density at radius 2 is 1.90 bits per heavy atom. The number of hydrogen-bond donors (Lipinski definition) is 1. The summed E-state index contributed by atoms with van der Waals surface area (Å²) in [6.45, 7) is 3.09. The first-order chi connectivity index (χ1) is 15.0. The minimum atomic E-state index is -0.600. The molecule has 9 heteroatoms. The number of benzene rings is 2. The van der Waals surface area contributed by atoms with Crippen molar-refractivity contribution < 1.29 is 13.6 Å². The maximum atomic E-state index is 14.2. The van der Waals surface area contributed by atoms with E-state index in [1.807, 2.05) is 18.0 Å². The van der Waals surface area contributed by atoms with E-state index in [4.69, 9.17) is 16.0 Å². The number of oxazole rings is 1. The lowest BCUT2D eigenvalue weighted by atomic mass is 10.1. The van der Waals surface area contributed by atoms with E-state index in [0.717, 1.165) is 13.1 Å². The molecule has 158 valence electrons. The molecule has 0 bridgehead atoms. The van der Waals surface area contributed by atoms with E-state index in [1.165, 1.54) is 18.2 Å². The number of nitrogens with one attached hydrogen (secondary N) is 1. The number of aromatic nitrogens is 1. The van der Waals surface area contributed by atoms with Crippen LogP contribution < -0.4 is 5.32 Å². The molecule has 1 fully saturated rings. The van der Waals surface area contributed by atoms with Gasteiger partial charge in [0, 0.05) is 37.4 Å². The molecule has 2 aromatic carbocycles. The predicted molar refractivity (Wildman–Crippen MR) is 115 cm³/mol. The second kappa shape index (κ2) is 8.76. The van der Waals surface area contributed by atoms with E-state index < -0.39 is 5.82 Å². The van der Waals surface area contributed by atoms with Gasteiger partial charge in [0.05, 0.1) is 10.6 Å². The first-order valence-corrected chi connectivity index (χ1v) is 10.0. The van der Waals surface area contributed by atoms with Gasteiger partial charge < -0.3 is 19.5 Å². The van der Waals surface area contributed by atoms with Crippen molar-refractivity contribution in [2.24, 2.45) is 0 Å². The summed E-state index contributed by atoms with van der Waals surface area (Å²) in [6.07, 6.45) is 0. The molecule has 4 rings (SSSR count). The number of nitriles is 1. The highest BCUT2D eigenvalue weighted by atomic mass is 35.5. The van der Waals surface area contributed by atoms with Crippen LogP contribution in [-0.2, 0) is 0 Å². The second-order valence-electron chi connectivity index (χ2n) is 7.20. The van der Waals surface area contributed by atoms with E-state index in [1.54, 1.807) is 24.3 Å². The van der Waals surface area contributed by atoms with Crippen molar-refractivity contribution in [3.63, 3.8) is 0 Å². The van der Waals surface area contributed by atoms with Gasteiger partial charge in [-0.15, -0.1) is 0 Å². The Morgan fingerprint density at radius 1 is 1.19 bits per heavy atom. The van der Waals surface area contributed by atoms with Crippen LogP contribution in [0.5, 0.6) is 0 Å². The maximum absolute atomic E-state index is 14.2. The molecule has 3 aromatic rings. The van der Waals surface area contributed by atoms with Crippen LogP contribution in [0.3, 0.4) is 0 Å². The monoisotopic (exact) mass is 439 g/mol. The average Bonchev–Trinajstić information content (AvgIpc) is 3.16. The highest BCUT2D eigenvalue weighted by Crippen LogP contribution is 2.33. The summed E-state index contributed by atoms with van der Waals surface area (Å²) in [4.78, 5) is 20.7. The number of piperazine rings is 1. The molecule has 7 nitrogen and oxygen atoms in total.